The lowest BCUT2D eigenvalue weighted by molar-refractivity contribution is 0.0589. The molecule has 0 saturated heterocycles. The fourth-order valence-corrected chi connectivity index (χ4v) is 1.89. The molecule has 0 bridgehead atoms. The van der Waals surface area contributed by atoms with Crippen molar-refractivity contribution in [3.63, 3.8) is 0 Å². The van der Waals surface area contributed by atoms with Gasteiger partial charge in [-0.15, -0.1) is 0 Å². The van der Waals surface area contributed by atoms with Crippen molar-refractivity contribution in [2.24, 2.45) is 0 Å². The van der Waals surface area contributed by atoms with Crippen molar-refractivity contribution >= 4 is 28.4 Å². The van der Waals surface area contributed by atoms with E-state index in [-0.39, 0.29) is 5.78 Å². The van der Waals surface area contributed by atoms with Crippen LogP contribution in [0.5, 0.6) is 5.88 Å². The molecule has 4 heteroatoms. The van der Waals surface area contributed by atoms with Gasteiger partial charge in [0.15, 0.2) is 5.78 Å². The Morgan fingerprint density at radius 1 is 1.50 bits per heavy atom. The van der Waals surface area contributed by atoms with Gasteiger partial charge in [0.25, 0.3) is 0 Å². The molecule has 1 aliphatic heterocycles. The van der Waals surface area contributed by atoms with E-state index in [0.717, 1.165) is 3.70 Å². The third-order valence-electron chi connectivity index (χ3n) is 2.09. The maximum absolute atomic E-state index is 11.7. The van der Waals surface area contributed by atoms with Crippen molar-refractivity contribution in [2.45, 2.75) is 25.9 Å². The fourth-order valence-electron chi connectivity index (χ4n) is 1.49. The molecule has 0 N–H and O–H groups in total. The van der Waals surface area contributed by atoms with Gasteiger partial charge in [0, 0.05) is 0 Å². The first kappa shape index (κ1) is 9.89. The van der Waals surface area contributed by atoms with E-state index in [4.69, 9.17) is 4.74 Å². The highest BCUT2D eigenvalue weighted by Gasteiger charge is 2.33. The summed E-state index contributed by atoms with van der Waals surface area (Å²) in [6.07, 6.45) is 0.419. The number of rotatable bonds is 0. The largest absolute Gasteiger partial charge is 0.471 e. The van der Waals surface area contributed by atoms with Gasteiger partial charge in [-0.1, -0.05) is 0 Å². The van der Waals surface area contributed by atoms with E-state index in [2.05, 4.69) is 27.6 Å². The zero-order valence-electron chi connectivity index (χ0n) is 8.00. The Kier molecular flexibility index (Phi) is 2.25. The van der Waals surface area contributed by atoms with Crippen LogP contribution in [0.2, 0.25) is 0 Å². The Bertz CT molecular complexity index is 401. The molecule has 1 aromatic heterocycles. The second-order valence-electron chi connectivity index (χ2n) is 3.95. The van der Waals surface area contributed by atoms with E-state index >= 15 is 0 Å². The lowest BCUT2D eigenvalue weighted by Crippen LogP contribution is -2.36. The van der Waals surface area contributed by atoms with Gasteiger partial charge in [-0.25, -0.2) is 4.98 Å². The van der Waals surface area contributed by atoms with Gasteiger partial charge in [0.05, 0.1) is 12.0 Å². The zero-order chi connectivity index (χ0) is 10.3. The molecule has 0 spiro atoms. The Balaban J connectivity index is 2.51. The van der Waals surface area contributed by atoms with Crippen LogP contribution in [0.15, 0.2) is 12.1 Å². The molecular formula is C10H10INO2. The number of pyridine rings is 1. The SMILES string of the molecule is CC1(C)CC(=O)c2ccc(I)nc2O1. The highest BCUT2D eigenvalue weighted by Crippen LogP contribution is 2.31. The predicted octanol–water partition coefficient (Wildman–Crippen LogP) is 2.43. The van der Waals surface area contributed by atoms with Crippen LogP contribution in [0.1, 0.15) is 30.6 Å². The maximum atomic E-state index is 11.7. The standard InChI is InChI=1S/C10H10INO2/c1-10(2)5-7(13)6-3-4-8(11)12-9(6)14-10/h3-4H,5H2,1-2H3. The summed E-state index contributed by atoms with van der Waals surface area (Å²) in [4.78, 5) is 15.9. The molecule has 0 atom stereocenters. The van der Waals surface area contributed by atoms with Crippen molar-refractivity contribution in [3.8, 4) is 5.88 Å². The molecule has 0 fully saturated rings. The number of hydrogen-bond donors (Lipinski definition) is 0. The van der Waals surface area contributed by atoms with E-state index < -0.39 is 5.60 Å². The van der Waals surface area contributed by atoms with Crippen molar-refractivity contribution < 1.29 is 9.53 Å². The Morgan fingerprint density at radius 2 is 2.21 bits per heavy atom. The molecule has 2 heterocycles. The average Bonchev–Trinajstić information content (AvgIpc) is 2.00. The number of halogens is 1. The zero-order valence-corrected chi connectivity index (χ0v) is 10.2. The molecule has 0 saturated carbocycles. The normalized spacial score (nSPS) is 18.6. The Hall–Kier alpha value is -0.650. The maximum Gasteiger partial charge on any atom is 0.225 e. The van der Waals surface area contributed by atoms with Gasteiger partial charge >= 0.3 is 0 Å². The van der Waals surface area contributed by atoms with Crippen LogP contribution in [0.25, 0.3) is 0 Å². The van der Waals surface area contributed by atoms with Gasteiger partial charge in [-0.3, -0.25) is 4.79 Å². The lowest BCUT2D eigenvalue weighted by atomic mass is 9.95. The summed E-state index contributed by atoms with van der Waals surface area (Å²) in [6, 6.07) is 3.60. The number of aromatic nitrogens is 1. The molecule has 74 valence electrons. The van der Waals surface area contributed by atoms with Crippen molar-refractivity contribution in [2.75, 3.05) is 0 Å². The monoisotopic (exact) mass is 303 g/mol. The molecule has 3 nitrogen and oxygen atoms in total. The second-order valence-corrected chi connectivity index (χ2v) is 5.05. The number of ether oxygens (including phenoxy) is 1. The number of Topliss-reactive ketones (excluding diaryl/α,β-unsaturated/α-hetero) is 1. The molecule has 0 unspecified atom stereocenters. The Labute approximate surface area is 96.0 Å². The minimum Gasteiger partial charge on any atom is -0.471 e. The summed E-state index contributed by atoms with van der Waals surface area (Å²) in [5, 5.41) is 0. The van der Waals surface area contributed by atoms with Crippen molar-refractivity contribution in [1.82, 2.24) is 4.98 Å². The second kappa shape index (κ2) is 3.18. The first-order valence-corrected chi connectivity index (χ1v) is 5.45. The van der Waals surface area contributed by atoms with Crippen molar-refractivity contribution in [1.29, 1.82) is 0 Å². The quantitative estimate of drug-likeness (QED) is 0.546. The highest BCUT2D eigenvalue weighted by molar-refractivity contribution is 14.1. The van der Waals surface area contributed by atoms with Crippen LogP contribution in [-0.2, 0) is 0 Å². The lowest BCUT2D eigenvalue weighted by Gasteiger charge is -2.30. The number of fused-ring (bicyclic) bond motifs is 1. The average molecular weight is 303 g/mol. The number of ketones is 1. The molecule has 0 amide bonds. The summed E-state index contributed by atoms with van der Waals surface area (Å²) < 4.78 is 6.47. The Morgan fingerprint density at radius 3 is 2.93 bits per heavy atom. The minimum atomic E-state index is -0.429. The minimum absolute atomic E-state index is 0.111. The number of carbonyl (C=O) groups is 1. The highest BCUT2D eigenvalue weighted by atomic mass is 127. The molecular weight excluding hydrogens is 293 g/mol. The fraction of sp³-hybridized carbons (Fsp3) is 0.400. The van der Waals surface area contributed by atoms with Crippen LogP contribution < -0.4 is 4.74 Å². The molecule has 0 aliphatic carbocycles. The third kappa shape index (κ3) is 1.75. The molecule has 0 aromatic carbocycles. The summed E-state index contributed by atoms with van der Waals surface area (Å²) >= 11 is 2.10. The topological polar surface area (TPSA) is 39.2 Å². The van der Waals surface area contributed by atoms with E-state index in [0.29, 0.717) is 17.9 Å². The summed E-state index contributed by atoms with van der Waals surface area (Å²) in [5.74, 6) is 0.582. The van der Waals surface area contributed by atoms with Gasteiger partial charge < -0.3 is 4.74 Å². The van der Waals surface area contributed by atoms with E-state index in [1.807, 2.05) is 19.9 Å². The number of carbonyl (C=O) groups excluding carboxylic acids is 1. The van der Waals surface area contributed by atoms with Crippen LogP contribution in [0.3, 0.4) is 0 Å². The summed E-state index contributed by atoms with van der Waals surface area (Å²) in [5.41, 5.74) is 0.173. The summed E-state index contributed by atoms with van der Waals surface area (Å²) in [7, 11) is 0. The van der Waals surface area contributed by atoms with Crippen LogP contribution in [0.4, 0.5) is 0 Å². The molecule has 0 radical (unpaired) electrons. The number of hydrogen-bond acceptors (Lipinski definition) is 3. The van der Waals surface area contributed by atoms with E-state index in [9.17, 15) is 4.79 Å². The first-order chi connectivity index (χ1) is 6.48. The first-order valence-electron chi connectivity index (χ1n) is 4.37. The molecule has 1 aliphatic rings. The van der Waals surface area contributed by atoms with E-state index in [1.165, 1.54) is 0 Å². The van der Waals surface area contributed by atoms with Crippen molar-refractivity contribution in [3.05, 3.63) is 21.4 Å². The van der Waals surface area contributed by atoms with Gasteiger partial charge in [0.2, 0.25) is 5.88 Å². The van der Waals surface area contributed by atoms with Gasteiger partial charge in [-0.2, -0.15) is 0 Å². The van der Waals surface area contributed by atoms with Gasteiger partial charge in [0.1, 0.15) is 9.30 Å². The smallest absolute Gasteiger partial charge is 0.225 e. The van der Waals surface area contributed by atoms with Crippen LogP contribution in [-0.4, -0.2) is 16.4 Å². The molecule has 14 heavy (non-hydrogen) atoms. The van der Waals surface area contributed by atoms with Gasteiger partial charge in [-0.05, 0) is 48.6 Å². The third-order valence-corrected chi connectivity index (χ3v) is 2.69. The van der Waals surface area contributed by atoms with E-state index in [1.54, 1.807) is 6.07 Å². The van der Waals surface area contributed by atoms with Crippen LogP contribution >= 0.6 is 22.6 Å². The molecule has 1 aromatic rings. The summed E-state index contributed by atoms with van der Waals surface area (Å²) in [6.45, 7) is 3.80. The number of nitrogens with zero attached hydrogens (tertiary/aromatic N) is 1. The predicted molar refractivity (Wildman–Crippen MR) is 60.6 cm³/mol. The molecule has 2 rings (SSSR count). The van der Waals surface area contributed by atoms with Crippen LogP contribution in [0, 0.1) is 3.70 Å².